The molecule has 1 heterocycles. The van der Waals surface area contributed by atoms with E-state index >= 15 is 0 Å². The maximum absolute atomic E-state index is 11.2. The predicted octanol–water partition coefficient (Wildman–Crippen LogP) is 1.71. The normalized spacial score (nSPS) is 17.5. The summed E-state index contributed by atoms with van der Waals surface area (Å²) in [4.78, 5) is 13.1. The average molecular weight is 192 g/mol. The zero-order valence-corrected chi connectivity index (χ0v) is 8.41. The lowest BCUT2D eigenvalue weighted by molar-refractivity contribution is -0.127. The predicted molar refractivity (Wildman–Crippen MR) is 54.3 cm³/mol. The van der Waals surface area contributed by atoms with Gasteiger partial charge in [-0.3, -0.25) is 4.79 Å². The average Bonchev–Trinajstić information content (AvgIpc) is 2.26. The maximum atomic E-state index is 11.2. The molecule has 0 N–H and O–H groups in total. The van der Waals surface area contributed by atoms with E-state index < -0.39 is 0 Å². The molecule has 0 radical (unpaired) electrons. The van der Waals surface area contributed by atoms with Gasteiger partial charge in [0.15, 0.2) is 0 Å². The fourth-order valence-corrected chi connectivity index (χ4v) is 1.84. The van der Waals surface area contributed by atoms with Crippen molar-refractivity contribution in [1.82, 2.24) is 4.90 Å². The van der Waals surface area contributed by atoms with Gasteiger partial charge in [0, 0.05) is 19.5 Å². The Bertz CT molecular complexity index is 247. The van der Waals surface area contributed by atoms with Gasteiger partial charge in [-0.15, -0.1) is 0 Å². The van der Waals surface area contributed by atoms with E-state index in [4.69, 9.17) is 5.26 Å². The number of amides is 1. The van der Waals surface area contributed by atoms with E-state index in [0.717, 1.165) is 32.4 Å². The van der Waals surface area contributed by atoms with Gasteiger partial charge in [-0.25, -0.2) is 0 Å². The molecular weight excluding hydrogens is 176 g/mol. The van der Waals surface area contributed by atoms with Crippen LogP contribution in [0.3, 0.4) is 0 Å². The summed E-state index contributed by atoms with van der Waals surface area (Å²) in [5.41, 5.74) is 0. The number of carbonyl (C=O) groups is 1. The van der Waals surface area contributed by atoms with Crippen molar-refractivity contribution >= 4 is 5.91 Å². The first-order valence-electron chi connectivity index (χ1n) is 5.06. The summed E-state index contributed by atoms with van der Waals surface area (Å²) in [6, 6.07) is 2.16. The zero-order chi connectivity index (χ0) is 10.4. The molecule has 0 aromatic heterocycles. The molecule has 0 spiro atoms. The van der Waals surface area contributed by atoms with Crippen LogP contribution in [-0.2, 0) is 4.79 Å². The minimum Gasteiger partial charge on any atom is -0.339 e. The van der Waals surface area contributed by atoms with Gasteiger partial charge in [0.05, 0.1) is 6.07 Å². The van der Waals surface area contributed by atoms with E-state index in [1.807, 2.05) is 4.90 Å². The van der Waals surface area contributed by atoms with Crippen molar-refractivity contribution < 1.29 is 4.79 Å². The van der Waals surface area contributed by atoms with Crippen molar-refractivity contribution in [2.24, 2.45) is 5.92 Å². The van der Waals surface area contributed by atoms with Crippen LogP contribution in [0.2, 0.25) is 0 Å². The Morgan fingerprint density at radius 3 is 2.71 bits per heavy atom. The van der Waals surface area contributed by atoms with Crippen molar-refractivity contribution in [3.63, 3.8) is 0 Å². The van der Waals surface area contributed by atoms with Crippen LogP contribution in [0.15, 0.2) is 12.7 Å². The summed E-state index contributed by atoms with van der Waals surface area (Å²) >= 11 is 0. The Morgan fingerprint density at radius 1 is 1.57 bits per heavy atom. The first-order chi connectivity index (χ1) is 6.77. The topological polar surface area (TPSA) is 44.1 Å². The molecule has 1 aliphatic heterocycles. The number of hydrogen-bond acceptors (Lipinski definition) is 2. The van der Waals surface area contributed by atoms with Crippen LogP contribution in [0.1, 0.15) is 25.7 Å². The molecule has 0 bridgehead atoms. The highest BCUT2D eigenvalue weighted by atomic mass is 16.2. The van der Waals surface area contributed by atoms with Crippen LogP contribution < -0.4 is 0 Å². The molecule has 0 saturated carbocycles. The van der Waals surface area contributed by atoms with Crippen molar-refractivity contribution in [3.05, 3.63) is 12.7 Å². The van der Waals surface area contributed by atoms with Crippen LogP contribution in [-0.4, -0.2) is 23.9 Å². The highest BCUT2D eigenvalue weighted by molar-refractivity contribution is 5.87. The molecule has 76 valence electrons. The van der Waals surface area contributed by atoms with Gasteiger partial charge in [0.2, 0.25) is 5.91 Å². The Labute approximate surface area is 85.0 Å². The van der Waals surface area contributed by atoms with Gasteiger partial charge in [0.25, 0.3) is 0 Å². The summed E-state index contributed by atoms with van der Waals surface area (Å²) < 4.78 is 0. The third-order valence-corrected chi connectivity index (χ3v) is 2.77. The van der Waals surface area contributed by atoms with Gasteiger partial charge in [-0.05, 0) is 31.3 Å². The van der Waals surface area contributed by atoms with Gasteiger partial charge >= 0.3 is 0 Å². The van der Waals surface area contributed by atoms with Crippen molar-refractivity contribution in [3.8, 4) is 6.07 Å². The smallest absolute Gasteiger partial charge is 0.245 e. The molecule has 0 aromatic rings. The molecular formula is C11H16N2O. The molecule has 1 amide bonds. The minimum atomic E-state index is 0.0312. The second-order valence-corrected chi connectivity index (χ2v) is 3.67. The zero-order valence-electron chi connectivity index (χ0n) is 8.41. The van der Waals surface area contributed by atoms with E-state index in [1.165, 1.54) is 6.08 Å². The quantitative estimate of drug-likeness (QED) is 0.639. The Kier molecular flexibility index (Phi) is 4.18. The summed E-state index contributed by atoms with van der Waals surface area (Å²) in [6.45, 7) is 5.11. The number of likely N-dealkylation sites (tertiary alicyclic amines) is 1. The van der Waals surface area contributed by atoms with Crippen LogP contribution in [0.25, 0.3) is 0 Å². The monoisotopic (exact) mass is 192 g/mol. The molecule has 3 nitrogen and oxygen atoms in total. The van der Waals surface area contributed by atoms with E-state index in [1.54, 1.807) is 0 Å². The first kappa shape index (κ1) is 10.8. The summed E-state index contributed by atoms with van der Waals surface area (Å²) in [7, 11) is 0. The van der Waals surface area contributed by atoms with Crippen LogP contribution >= 0.6 is 0 Å². The fourth-order valence-electron chi connectivity index (χ4n) is 1.84. The molecule has 0 aromatic carbocycles. The number of rotatable bonds is 3. The molecule has 0 atom stereocenters. The van der Waals surface area contributed by atoms with Crippen LogP contribution in [0.4, 0.5) is 0 Å². The summed E-state index contributed by atoms with van der Waals surface area (Å²) in [5.74, 6) is 0.659. The van der Waals surface area contributed by atoms with Crippen molar-refractivity contribution in [2.75, 3.05) is 13.1 Å². The molecule has 0 unspecified atom stereocenters. The SMILES string of the molecule is C=CC(=O)N1CCC(CCC#N)CC1. The lowest BCUT2D eigenvalue weighted by Crippen LogP contribution is -2.37. The third-order valence-electron chi connectivity index (χ3n) is 2.77. The molecule has 1 rings (SSSR count). The van der Waals surface area contributed by atoms with E-state index in [9.17, 15) is 4.79 Å². The van der Waals surface area contributed by atoms with Crippen molar-refractivity contribution in [1.29, 1.82) is 5.26 Å². The van der Waals surface area contributed by atoms with Gasteiger partial charge in [-0.2, -0.15) is 5.26 Å². The fraction of sp³-hybridized carbons (Fsp3) is 0.636. The number of nitrogens with zero attached hydrogens (tertiary/aromatic N) is 2. The highest BCUT2D eigenvalue weighted by Gasteiger charge is 2.20. The van der Waals surface area contributed by atoms with Gasteiger partial charge in [-0.1, -0.05) is 6.58 Å². The maximum Gasteiger partial charge on any atom is 0.245 e. The Morgan fingerprint density at radius 2 is 2.21 bits per heavy atom. The van der Waals surface area contributed by atoms with Crippen LogP contribution in [0.5, 0.6) is 0 Å². The Balaban J connectivity index is 2.28. The lowest BCUT2D eigenvalue weighted by atomic mass is 9.92. The van der Waals surface area contributed by atoms with Gasteiger partial charge < -0.3 is 4.90 Å². The van der Waals surface area contributed by atoms with E-state index in [-0.39, 0.29) is 5.91 Å². The molecule has 0 aliphatic carbocycles. The first-order valence-corrected chi connectivity index (χ1v) is 5.06. The minimum absolute atomic E-state index is 0.0312. The Hall–Kier alpha value is -1.30. The van der Waals surface area contributed by atoms with E-state index in [2.05, 4.69) is 12.6 Å². The number of nitriles is 1. The molecule has 1 aliphatic rings. The number of piperidine rings is 1. The molecule has 1 saturated heterocycles. The van der Waals surface area contributed by atoms with Crippen molar-refractivity contribution in [2.45, 2.75) is 25.7 Å². The standard InChI is InChI=1S/C11H16N2O/c1-2-11(14)13-8-5-10(6-9-13)4-3-7-12/h2,10H,1,3-6,8-9H2. The summed E-state index contributed by atoms with van der Waals surface area (Å²) in [6.07, 6.45) is 5.05. The summed E-state index contributed by atoms with van der Waals surface area (Å²) in [5, 5.41) is 8.45. The molecule has 3 heteroatoms. The molecule has 1 fully saturated rings. The van der Waals surface area contributed by atoms with E-state index in [0.29, 0.717) is 12.3 Å². The highest BCUT2D eigenvalue weighted by Crippen LogP contribution is 2.21. The lowest BCUT2D eigenvalue weighted by Gasteiger charge is -2.30. The third kappa shape index (κ3) is 2.88. The second kappa shape index (κ2) is 5.43. The largest absolute Gasteiger partial charge is 0.339 e. The number of carbonyl (C=O) groups excluding carboxylic acids is 1. The second-order valence-electron chi connectivity index (χ2n) is 3.67. The van der Waals surface area contributed by atoms with Gasteiger partial charge in [0.1, 0.15) is 0 Å². The number of hydrogen-bond donors (Lipinski definition) is 0. The molecule has 14 heavy (non-hydrogen) atoms. The van der Waals surface area contributed by atoms with Crippen LogP contribution in [0, 0.1) is 17.2 Å².